The van der Waals surface area contributed by atoms with E-state index in [1.54, 1.807) is 0 Å². The third kappa shape index (κ3) is 4.55. The molecule has 0 atom stereocenters. The van der Waals surface area contributed by atoms with E-state index in [4.69, 9.17) is 9.94 Å². The minimum absolute atomic E-state index is 0.165. The monoisotopic (exact) mass is 459 g/mol. The lowest BCUT2D eigenvalue weighted by Crippen LogP contribution is -2.54. The fourth-order valence-electron chi connectivity index (χ4n) is 3.65. The fraction of sp³-hybridized carbons (Fsp3) is 0.391. The van der Waals surface area contributed by atoms with Crippen LogP contribution in [-0.4, -0.2) is 53.3 Å². The lowest BCUT2D eigenvalue weighted by molar-refractivity contribution is -0.131. The fourth-order valence-corrected chi connectivity index (χ4v) is 5.18. The molecule has 0 fully saturated rings. The van der Waals surface area contributed by atoms with Crippen molar-refractivity contribution in [1.29, 1.82) is 0 Å². The number of pyridine rings is 1. The van der Waals surface area contributed by atoms with Crippen molar-refractivity contribution in [3.8, 4) is 17.1 Å². The number of carbonyl (C=O) groups is 1. The Labute approximate surface area is 188 Å². The van der Waals surface area contributed by atoms with Gasteiger partial charge in [-0.3, -0.25) is 10.0 Å². The Morgan fingerprint density at radius 2 is 2.03 bits per heavy atom. The number of aryl methyl sites for hydroxylation is 1. The Bertz CT molecular complexity index is 1140. The summed E-state index contributed by atoms with van der Waals surface area (Å²) in [5.74, 6) is -0.372. The van der Waals surface area contributed by atoms with Crippen LogP contribution in [0.4, 0.5) is 0 Å². The zero-order valence-corrected chi connectivity index (χ0v) is 19.6. The van der Waals surface area contributed by atoms with Gasteiger partial charge in [-0.15, -0.1) is 0 Å². The predicted octanol–water partition coefficient (Wildman–Crippen LogP) is 3.16. The van der Waals surface area contributed by atoms with E-state index in [2.05, 4.69) is 11.1 Å². The van der Waals surface area contributed by atoms with Crippen molar-refractivity contribution in [2.24, 2.45) is 0 Å². The highest BCUT2D eigenvalue weighted by molar-refractivity contribution is 7.91. The Morgan fingerprint density at radius 3 is 2.62 bits per heavy atom. The van der Waals surface area contributed by atoms with Crippen LogP contribution in [0, 0.1) is 6.92 Å². The summed E-state index contributed by atoms with van der Waals surface area (Å²) >= 11 is 0. The Hall–Kier alpha value is -2.75. The molecule has 32 heavy (non-hydrogen) atoms. The van der Waals surface area contributed by atoms with Crippen molar-refractivity contribution in [3.63, 3.8) is 0 Å². The topological polar surface area (TPSA) is 109 Å². The molecular formula is C23H29N3O5S. The first kappa shape index (κ1) is 23.9. The quantitative estimate of drug-likeness (QED) is 0.486. The highest BCUT2D eigenvalue weighted by Gasteiger charge is 2.45. The molecule has 0 radical (unpaired) electrons. The smallest absolute Gasteiger partial charge is 0.265 e. The summed E-state index contributed by atoms with van der Waals surface area (Å²) in [7, 11) is -3.94. The molecule has 2 aromatic rings. The molecule has 0 unspecified atom stereocenters. The molecule has 1 amide bonds. The maximum absolute atomic E-state index is 12.9. The number of nitrogens with one attached hydrogen (secondary N) is 1. The van der Waals surface area contributed by atoms with Gasteiger partial charge in [0, 0.05) is 24.7 Å². The van der Waals surface area contributed by atoms with Gasteiger partial charge in [0.15, 0.2) is 4.75 Å². The third-order valence-corrected chi connectivity index (χ3v) is 8.18. The average molecular weight is 460 g/mol. The second-order valence-electron chi connectivity index (χ2n) is 8.12. The van der Waals surface area contributed by atoms with Crippen molar-refractivity contribution < 1.29 is 23.2 Å². The summed E-state index contributed by atoms with van der Waals surface area (Å²) in [5.41, 5.74) is 6.42. The van der Waals surface area contributed by atoms with Gasteiger partial charge in [-0.05, 0) is 56.9 Å². The number of aromatic nitrogens is 1. The van der Waals surface area contributed by atoms with E-state index >= 15 is 0 Å². The van der Waals surface area contributed by atoms with Gasteiger partial charge in [0.25, 0.3) is 5.91 Å². The zero-order chi connectivity index (χ0) is 23.5. The maximum Gasteiger partial charge on any atom is 0.265 e. The first-order chi connectivity index (χ1) is 15.1. The van der Waals surface area contributed by atoms with Gasteiger partial charge in [-0.2, -0.15) is 4.31 Å². The molecule has 172 valence electrons. The molecular weight excluding hydrogens is 430 g/mol. The largest absolute Gasteiger partial charge is 0.478 e. The van der Waals surface area contributed by atoms with Gasteiger partial charge >= 0.3 is 0 Å². The molecule has 0 bridgehead atoms. The molecule has 0 saturated carbocycles. The van der Waals surface area contributed by atoms with E-state index < -0.39 is 20.7 Å². The molecule has 0 saturated heterocycles. The molecule has 8 nitrogen and oxygen atoms in total. The normalized spacial score (nSPS) is 15.2. The summed E-state index contributed by atoms with van der Waals surface area (Å²) in [6, 6.07) is 11.8. The van der Waals surface area contributed by atoms with E-state index in [0.29, 0.717) is 18.9 Å². The number of benzene rings is 1. The van der Waals surface area contributed by atoms with E-state index in [0.717, 1.165) is 28.0 Å². The van der Waals surface area contributed by atoms with Crippen LogP contribution in [0.15, 0.2) is 42.5 Å². The van der Waals surface area contributed by atoms with Crippen LogP contribution in [0.25, 0.3) is 16.8 Å². The van der Waals surface area contributed by atoms with Crippen LogP contribution < -0.4 is 10.2 Å². The lowest BCUT2D eigenvalue weighted by Gasteiger charge is -2.32. The Kier molecular flexibility index (Phi) is 7.02. The molecule has 0 aliphatic carbocycles. The number of hydroxylamine groups is 1. The van der Waals surface area contributed by atoms with Gasteiger partial charge in [-0.1, -0.05) is 30.3 Å². The second-order valence-corrected chi connectivity index (χ2v) is 10.6. The van der Waals surface area contributed by atoms with Crippen molar-refractivity contribution >= 4 is 21.5 Å². The highest BCUT2D eigenvalue weighted by atomic mass is 32.2. The van der Waals surface area contributed by atoms with Gasteiger partial charge in [0.05, 0.1) is 12.3 Å². The summed E-state index contributed by atoms with van der Waals surface area (Å²) in [5, 5.41) is 8.89. The van der Waals surface area contributed by atoms with Crippen LogP contribution in [0.5, 0.6) is 5.88 Å². The first-order valence-electron chi connectivity index (χ1n) is 10.5. The number of ether oxygens (including phenoxy) is 1. The zero-order valence-electron chi connectivity index (χ0n) is 18.8. The van der Waals surface area contributed by atoms with E-state index in [1.165, 1.54) is 23.6 Å². The lowest BCUT2D eigenvalue weighted by atomic mass is 9.95. The molecule has 1 aromatic heterocycles. The van der Waals surface area contributed by atoms with Gasteiger partial charge in [0.2, 0.25) is 15.9 Å². The number of nitrogens with zero attached hydrogens (tertiary/aromatic N) is 2. The molecule has 1 aliphatic heterocycles. The highest BCUT2D eigenvalue weighted by Crippen LogP contribution is 2.31. The number of hydrogen-bond acceptors (Lipinski definition) is 6. The molecule has 1 aliphatic rings. The summed E-state index contributed by atoms with van der Waals surface area (Å²) in [4.78, 5) is 16.4. The minimum Gasteiger partial charge on any atom is -0.478 e. The molecule has 9 heteroatoms. The third-order valence-electron chi connectivity index (χ3n) is 5.69. The standard InChI is InChI=1S/C23H29N3O5S/c1-5-31-21-8-6-7-20(24-21)19-10-9-18(15-16(19)2)17-11-13-26(14-12-17)32(29,30)23(3,4)22(27)25-28/h6-11,15,28H,5,12-14H2,1-4H3,(H,25,27). The van der Waals surface area contributed by atoms with Crippen LogP contribution in [0.1, 0.15) is 38.3 Å². The number of rotatable bonds is 7. The van der Waals surface area contributed by atoms with Gasteiger partial charge < -0.3 is 4.74 Å². The van der Waals surface area contributed by atoms with Crippen molar-refractivity contribution in [2.75, 3.05) is 19.7 Å². The van der Waals surface area contributed by atoms with E-state index in [1.807, 2.05) is 50.3 Å². The predicted molar refractivity (Wildman–Crippen MR) is 123 cm³/mol. The van der Waals surface area contributed by atoms with Gasteiger partial charge in [-0.25, -0.2) is 18.9 Å². The number of sulfonamides is 1. The van der Waals surface area contributed by atoms with Crippen molar-refractivity contribution in [1.82, 2.24) is 14.8 Å². The van der Waals surface area contributed by atoms with Crippen LogP contribution in [0.3, 0.4) is 0 Å². The SMILES string of the molecule is CCOc1cccc(-c2ccc(C3=CCN(S(=O)(=O)C(C)(C)C(=O)NO)CC3)cc2C)n1. The molecule has 1 aromatic carbocycles. The Morgan fingerprint density at radius 1 is 1.28 bits per heavy atom. The van der Waals surface area contributed by atoms with Crippen LogP contribution >= 0.6 is 0 Å². The molecule has 0 spiro atoms. The number of amides is 1. The van der Waals surface area contributed by atoms with Gasteiger partial charge in [0.1, 0.15) is 0 Å². The van der Waals surface area contributed by atoms with Crippen LogP contribution in [-0.2, 0) is 14.8 Å². The summed E-state index contributed by atoms with van der Waals surface area (Å²) in [6.45, 7) is 7.48. The maximum atomic E-state index is 12.9. The van der Waals surface area contributed by atoms with Crippen LogP contribution in [0.2, 0.25) is 0 Å². The summed E-state index contributed by atoms with van der Waals surface area (Å²) in [6.07, 6.45) is 2.39. The molecule has 2 N–H and O–H groups in total. The Balaban J connectivity index is 1.81. The van der Waals surface area contributed by atoms with E-state index in [9.17, 15) is 13.2 Å². The van der Waals surface area contributed by atoms with Crippen molar-refractivity contribution in [2.45, 2.75) is 38.9 Å². The molecule has 2 heterocycles. The molecule has 3 rings (SSSR count). The van der Waals surface area contributed by atoms with E-state index in [-0.39, 0.29) is 13.1 Å². The average Bonchev–Trinajstić information content (AvgIpc) is 2.78. The number of carbonyl (C=O) groups excluding carboxylic acids is 1. The summed E-state index contributed by atoms with van der Waals surface area (Å²) < 4.78 is 30.8. The first-order valence-corrected chi connectivity index (χ1v) is 11.9. The minimum atomic E-state index is -3.94. The van der Waals surface area contributed by atoms with Crippen molar-refractivity contribution in [3.05, 3.63) is 53.6 Å². The second kappa shape index (κ2) is 9.40. The number of hydrogen-bond donors (Lipinski definition) is 2.